The average Bonchev–Trinajstić information content (AvgIpc) is 3.89. The second-order valence-corrected chi connectivity index (χ2v) is 22.2. The number of esters is 1. The molecule has 25 atom stereocenters. The number of aromatic nitrogens is 1. The Bertz CT molecular complexity index is 1970. The number of aliphatic hydroxyl groups excluding tert-OH is 7. The van der Waals surface area contributed by atoms with Crippen molar-refractivity contribution in [3.05, 3.63) is 41.7 Å². The minimum absolute atomic E-state index is 0.0391. The highest BCUT2D eigenvalue weighted by Gasteiger charge is 2.69. The number of rotatable bonds is 10. The summed E-state index contributed by atoms with van der Waals surface area (Å²) in [5, 5.41) is 76.9. The van der Waals surface area contributed by atoms with Gasteiger partial charge in [-0.2, -0.15) is 0 Å². The maximum absolute atomic E-state index is 12.6. The summed E-state index contributed by atoms with van der Waals surface area (Å²) in [5.74, 6) is 1.84. The Balaban J connectivity index is 0.833. The predicted octanol–water partition coefficient (Wildman–Crippen LogP) is 2.11. The van der Waals surface area contributed by atoms with Crippen molar-refractivity contribution in [2.75, 3.05) is 19.8 Å². The summed E-state index contributed by atoms with van der Waals surface area (Å²) in [7, 11) is 0. The zero-order valence-corrected chi connectivity index (χ0v) is 39.7. The zero-order valence-electron chi connectivity index (χ0n) is 39.7. The van der Waals surface area contributed by atoms with Crippen LogP contribution in [-0.2, 0) is 42.6 Å². The first kappa shape index (κ1) is 49.3. The summed E-state index contributed by atoms with van der Waals surface area (Å²) in [5.41, 5.74) is 1.70. The molecule has 1 spiro atoms. The molecule has 4 aliphatic carbocycles. The minimum atomic E-state index is -1.73. The predicted molar refractivity (Wildman–Crippen MR) is 236 cm³/mol. The van der Waals surface area contributed by atoms with E-state index in [0.29, 0.717) is 48.3 Å². The van der Waals surface area contributed by atoms with Gasteiger partial charge in [0.05, 0.1) is 37.1 Å². The fourth-order valence-electron chi connectivity index (χ4n) is 14.5. The van der Waals surface area contributed by atoms with Crippen molar-refractivity contribution in [2.45, 2.75) is 196 Å². The maximum atomic E-state index is 12.6. The highest BCUT2D eigenvalue weighted by atomic mass is 16.8. The number of aliphatic hydroxyl groups is 7. The molecule has 0 amide bonds. The number of hydrogen-bond acceptors (Lipinski definition) is 18. The van der Waals surface area contributed by atoms with E-state index in [1.165, 1.54) is 37.0 Å². The Morgan fingerprint density at radius 1 is 0.779 bits per heavy atom. The summed E-state index contributed by atoms with van der Waals surface area (Å²) < 4.78 is 55.9. The van der Waals surface area contributed by atoms with Crippen molar-refractivity contribution in [3.63, 3.8) is 0 Å². The van der Waals surface area contributed by atoms with Crippen LogP contribution in [0.1, 0.15) is 103 Å². The topological polar surface area (TPSA) is 255 Å². The van der Waals surface area contributed by atoms with Gasteiger partial charge in [0, 0.05) is 24.7 Å². The van der Waals surface area contributed by atoms with Crippen LogP contribution in [0.2, 0.25) is 0 Å². The van der Waals surface area contributed by atoms with Gasteiger partial charge in [0.25, 0.3) is 0 Å². The van der Waals surface area contributed by atoms with E-state index in [-0.39, 0.29) is 28.6 Å². The molecule has 7 N–H and O–H groups in total. The number of hydrogen-bond donors (Lipinski definition) is 7. The van der Waals surface area contributed by atoms with Crippen molar-refractivity contribution in [1.82, 2.24) is 4.98 Å². The Kier molecular flexibility index (Phi) is 13.8. The summed E-state index contributed by atoms with van der Waals surface area (Å²) in [6.45, 7) is 10.7. The van der Waals surface area contributed by atoms with Gasteiger partial charge in [0.15, 0.2) is 24.7 Å². The van der Waals surface area contributed by atoms with E-state index in [2.05, 4.69) is 38.8 Å². The van der Waals surface area contributed by atoms with E-state index in [1.807, 2.05) is 0 Å². The van der Waals surface area contributed by atoms with E-state index < -0.39 is 111 Å². The number of allylic oxidation sites excluding steroid dienone is 1. The van der Waals surface area contributed by atoms with Gasteiger partial charge < -0.3 is 78.4 Å². The summed E-state index contributed by atoms with van der Waals surface area (Å²) >= 11 is 0. The normalized spacial score (nSPS) is 52.1. The van der Waals surface area contributed by atoms with Crippen LogP contribution in [0.3, 0.4) is 0 Å². The number of pyridine rings is 1. The van der Waals surface area contributed by atoms with Crippen LogP contribution in [0.5, 0.6) is 0 Å². The molecule has 0 bridgehead atoms. The first-order chi connectivity index (χ1) is 32.5. The number of nitrogens with zero attached hydrogens (tertiary/aromatic N) is 1. The third-order valence-electron chi connectivity index (χ3n) is 18.5. The Morgan fingerprint density at radius 3 is 2.24 bits per heavy atom. The molecular weight excluding hydrogens is 887 g/mol. The lowest BCUT2D eigenvalue weighted by Gasteiger charge is -2.58. The molecule has 6 heterocycles. The zero-order chi connectivity index (χ0) is 48.0. The molecule has 18 heteroatoms. The van der Waals surface area contributed by atoms with E-state index in [0.717, 1.165) is 51.6 Å². The van der Waals surface area contributed by atoms with E-state index >= 15 is 0 Å². The molecular formula is C50H73NO17. The van der Waals surface area contributed by atoms with Gasteiger partial charge in [-0.25, -0.2) is 4.79 Å². The van der Waals surface area contributed by atoms with Crippen LogP contribution in [0.25, 0.3) is 0 Å². The average molecular weight is 960 g/mol. The molecule has 18 nitrogen and oxygen atoms in total. The number of ether oxygens (including phenoxy) is 9. The molecule has 10 rings (SSSR count). The molecule has 3 saturated carbocycles. The lowest BCUT2D eigenvalue weighted by Crippen LogP contribution is -2.65. The van der Waals surface area contributed by atoms with Crippen LogP contribution >= 0.6 is 0 Å². The quantitative estimate of drug-likeness (QED) is 0.131. The molecule has 68 heavy (non-hydrogen) atoms. The van der Waals surface area contributed by atoms with Crippen molar-refractivity contribution in [2.24, 2.45) is 46.3 Å². The molecule has 1 aromatic rings. The molecule has 380 valence electrons. The first-order valence-corrected chi connectivity index (χ1v) is 25.2. The van der Waals surface area contributed by atoms with Gasteiger partial charge in [-0.15, -0.1) is 0 Å². The Hall–Kier alpha value is -2.24. The number of fused-ring (bicyclic) bond motifs is 7. The van der Waals surface area contributed by atoms with Crippen molar-refractivity contribution in [3.8, 4) is 0 Å². The van der Waals surface area contributed by atoms with Crippen molar-refractivity contribution in [1.29, 1.82) is 0 Å². The van der Waals surface area contributed by atoms with E-state index in [4.69, 9.17) is 42.6 Å². The van der Waals surface area contributed by atoms with Crippen LogP contribution in [0, 0.1) is 46.3 Å². The third kappa shape index (κ3) is 8.41. The van der Waals surface area contributed by atoms with Gasteiger partial charge >= 0.3 is 5.97 Å². The second-order valence-electron chi connectivity index (χ2n) is 22.2. The summed E-state index contributed by atoms with van der Waals surface area (Å²) in [6.07, 6.45) is -6.89. The molecule has 9 aliphatic rings. The monoisotopic (exact) mass is 959 g/mol. The molecule has 5 saturated heterocycles. The van der Waals surface area contributed by atoms with Crippen LogP contribution in [0.4, 0.5) is 0 Å². The molecule has 0 aromatic carbocycles. The summed E-state index contributed by atoms with van der Waals surface area (Å²) in [6, 6.07) is 2.92. The van der Waals surface area contributed by atoms with Gasteiger partial charge in [-0.3, -0.25) is 4.98 Å². The van der Waals surface area contributed by atoms with Crippen LogP contribution in [-0.4, -0.2) is 171 Å². The number of carbonyl (C=O) groups is 1. The molecule has 7 unspecified atom stereocenters. The minimum Gasteiger partial charge on any atom is -0.459 e. The van der Waals surface area contributed by atoms with Gasteiger partial charge in [-0.1, -0.05) is 39.3 Å². The standard InChI is InChI=1S/C50H73NO17/c1-23-8-15-50(61-21-23)24(2)35-32(68-50)19-31-29-7-6-27-18-28(9-13-48(27,4)30(29)10-14-49(31,35)5)63-47-43(67-45-40(57)38(55)36(53)25(3)62-45)41(58)42(33(20-52)64-47)66-46-39(56)37(54)34(65-46)22-60-44(59)26-11-16-51-17-12-26/h6,11-12,16-17,23-25,28-43,45-47,52-58H,7-10,13-15,18-22H2,1-5H3/t23-,24+,25+,28+,29?,30?,31?,32?,33-,34+,35?,36+,37+,38-,39-,40-,41+,42-,43-,45?,46?,47-,48+,49+,50-/m1/s1. The molecule has 8 fully saturated rings. The SMILES string of the molecule is C[C@@H]1CC[C@@]2(OC1)OC1CC3C4CC=C5C[C@@H](O[C@@H]6O[C@H](CO)[C@@H](OC7O[C@@H](COC(=O)c8ccncc8)[C@H](O)[C@H]7O)[C@H](O)[C@H]6OC6O[C@@H](C)[C@H](O)[C@@H](O)[C@H]6O)CC[C@]5(C)C4CC[C@]3(C)C1[C@@H]2C. The van der Waals surface area contributed by atoms with Gasteiger partial charge in [0.1, 0.15) is 67.6 Å². The third-order valence-corrected chi connectivity index (χ3v) is 18.5. The summed E-state index contributed by atoms with van der Waals surface area (Å²) in [4.78, 5) is 16.5. The fourth-order valence-corrected chi connectivity index (χ4v) is 14.5. The first-order valence-electron chi connectivity index (χ1n) is 25.2. The van der Waals surface area contributed by atoms with Crippen molar-refractivity contribution >= 4 is 5.97 Å². The number of carbonyl (C=O) groups excluding carboxylic acids is 1. The molecule has 0 radical (unpaired) electrons. The molecule has 5 aliphatic heterocycles. The fraction of sp³-hybridized carbons (Fsp3) is 0.840. The smallest absolute Gasteiger partial charge is 0.338 e. The van der Waals surface area contributed by atoms with Gasteiger partial charge in [0.2, 0.25) is 0 Å². The Morgan fingerprint density at radius 2 is 1.50 bits per heavy atom. The van der Waals surface area contributed by atoms with E-state index in [1.54, 1.807) is 0 Å². The van der Waals surface area contributed by atoms with E-state index in [9.17, 15) is 40.5 Å². The highest BCUT2D eigenvalue weighted by molar-refractivity contribution is 5.89. The van der Waals surface area contributed by atoms with Crippen molar-refractivity contribution < 1.29 is 83.2 Å². The largest absolute Gasteiger partial charge is 0.459 e. The molecule has 1 aromatic heterocycles. The van der Waals surface area contributed by atoms with Crippen LogP contribution < -0.4 is 0 Å². The second kappa shape index (κ2) is 19.0. The lowest BCUT2D eigenvalue weighted by molar-refractivity contribution is -0.380. The maximum Gasteiger partial charge on any atom is 0.338 e. The van der Waals surface area contributed by atoms with Gasteiger partial charge in [-0.05, 0) is 111 Å². The Labute approximate surface area is 397 Å². The van der Waals surface area contributed by atoms with Crippen LogP contribution in [0.15, 0.2) is 36.2 Å². The highest BCUT2D eigenvalue weighted by Crippen LogP contribution is 2.70. The lowest BCUT2D eigenvalue weighted by atomic mass is 9.47.